The lowest BCUT2D eigenvalue weighted by molar-refractivity contribution is -0.137. The van der Waals surface area contributed by atoms with Gasteiger partial charge in [0, 0.05) is 18.7 Å². The van der Waals surface area contributed by atoms with Crippen LogP contribution in [0.1, 0.15) is 36.7 Å². The van der Waals surface area contributed by atoms with E-state index >= 15 is 0 Å². The van der Waals surface area contributed by atoms with Gasteiger partial charge in [0.05, 0.1) is 11.5 Å². The van der Waals surface area contributed by atoms with Crippen LogP contribution in [0.3, 0.4) is 0 Å². The number of ether oxygens (including phenoxy) is 1. The number of alkyl halides is 3. The molecule has 0 aromatic heterocycles. The summed E-state index contributed by atoms with van der Waals surface area (Å²) in [6, 6.07) is 4.11. The number of halogens is 3. The molecule has 1 aliphatic rings. The molecule has 1 amide bonds. The summed E-state index contributed by atoms with van der Waals surface area (Å²) in [6.07, 6.45) is -4.92. The van der Waals surface area contributed by atoms with E-state index in [0.717, 1.165) is 12.1 Å². The minimum atomic E-state index is -4.43. The van der Waals surface area contributed by atoms with Crippen molar-refractivity contribution in [2.75, 3.05) is 13.1 Å². The smallest absolute Gasteiger partial charge is 0.416 e. The van der Waals surface area contributed by atoms with Crippen molar-refractivity contribution in [2.45, 2.75) is 32.5 Å². The predicted octanol–water partition coefficient (Wildman–Crippen LogP) is 3.76. The standard InChI is InChI=1S/C16H18F3NO3/c1-15(2,3)23-14(22)20-8-11(9-20)13(21)10-4-6-12(7-5-10)16(17,18)19/h4-7,11H,8-9H2,1-3H3. The summed E-state index contributed by atoms with van der Waals surface area (Å²) < 4.78 is 42.6. The number of benzene rings is 1. The van der Waals surface area contributed by atoms with Gasteiger partial charge in [-0.15, -0.1) is 0 Å². The van der Waals surface area contributed by atoms with Crippen molar-refractivity contribution in [3.05, 3.63) is 35.4 Å². The van der Waals surface area contributed by atoms with Gasteiger partial charge in [-0.3, -0.25) is 4.79 Å². The van der Waals surface area contributed by atoms with Gasteiger partial charge >= 0.3 is 12.3 Å². The Morgan fingerprint density at radius 3 is 2.04 bits per heavy atom. The Bertz CT molecular complexity index is 596. The summed E-state index contributed by atoms with van der Waals surface area (Å²) in [5, 5.41) is 0. The molecule has 1 fully saturated rings. The van der Waals surface area contributed by atoms with Crippen LogP contribution in [0, 0.1) is 5.92 Å². The second-order valence-electron chi connectivity index (χ2n) is 6.52. The van der Waals surface area contributed by atoms with Gasteiger partial charge in [-0.25, -0.2) is 4.79 Å². The molecule has 0 saturated carbocycles. The number of amides is 1. The van der Waals surface area contributed by atoms with Gasteiger partial charge in [0.1, 0.15) is 5.60 Å². The first kappa shape index (κ1) is 17.3. The van der Waals surface area contributed by atoms with Crippen molar-refractivity contribution in [3.8, 4) is 0 Å². The second kappa shape index (κ2) is 5.86. The third-order valence-corrected chi connectivity index (χ3v) is 3.40. The molecule has 0 radical (unpaired) electrons. The maximum absolute atomic E-state index is 12.5. The maximum atomic E-state index is 12.5. The highest BCUT2D eigenvalue weighted by Crippen LogP contribution is 2.30. The number of carbonyl (C=O) groups excluding carboxylic acids is 2. The van der Waals surface area contributed by atoms with Gasteiger partial charge < -0.3 is 9.64 Å². The summed E-state index contributed by atoms with van der Waals surface area (Å²) in [7, 11) is 0. The first-order valence-electron chi connectivity index (χ1n) is 7.17. The Morgan fingerprint density at radius 1 is 1.09 bits per heavy atom. The first-order chi connectivity index (χ1) is 10.5. The molecule has 1 heterocycles. The van der Waals surface area contributed by atoms with Gasteiger partial charge in [0.25, 0.3) is 0 Å². The third-order valence-electron chi connectivity index (χ3n) is 3.40. The van der Waals surface area contributed by atoms with Crippen LogP contribution in [0.5, 0.6) is 0 Å². The number of hydrogen-bond donors (Lipinski definition) is 0. The lowest BCUT2D eigenvalue weighted by Crippen LogP contribution is -2.54. The maximum Gasteiger partial charge on any atom is 0.416 e. The van der Waals surface area contributed by atoms with E-state index in [1.807, 2.05) is 0 Å². The number of ketones is 1. The Balaban J connectivity index is 1.93. The normalized spacial score (nSPS) is 16.0. The van der Waals surface area contributed by atoms with E-state index in [2.05, 4.69) is 0 Å². The number of Topliss-reactive ketones (excluding diaryl/α,β-unsaturated/α-hetero) is 1. The van der Waals surface area contributed by atoms with Gasteiger partial charge in [-0.05, 0) is 32.9 Å². The van der Waals surface area contributed by atoms with Gasteiger partial charge in [0.2, 0.25) is 0 Å². The number of nitrogens with zero attached hydrogens (tertiary/aromatic N) is 1. The zero-order chi connectivity index (χ0) is 17.4. The average molecular weight is 329 g/mol. The molecule has 0 spiro atoms. The van der Waals surface area contributed by atoms with Crippen LogP contribution in [0.15, 0.2) is 24.3 Å². The van der Waals surface area contributed by atoms with Crippen LogP contribution >= 0.6 is 0 Å². The van der Waals surface area contributed by atoms with Crippen molar-refractivity contribution in [1.82, 2.24) is 4.90 Å². The van der Waals surface area contributed by atoms with E-state index in [1.165, 1.54) is 17.0 Å². The number of carbonyl (C=O) groups is 2. The van der Waals surface area contributed by atoms with Crippen molar-refractivity contribution in [3.63, 3.8) is 0 Å². The lowest BCUT2D eigenvalue weighted by Gasteiger charge is -2.38. The topological polar surface area (TPSA) is 46.6 Å². The van der Waals surface area contributed by atoms with Crippen molar-refractivity contribution >= 4 is 11.9 Å². The summed E-state index contributed by atoms with van der Waals surface area (Å²) in [5.41, 5.74) is -1.19. The number of likely N-dealkylation sites (tertiary alicyclic amines) is 1. The molecule has 4 nitrogen and oxygen atoms in total. The molecule has 0 aliphatic carbocycles. The summed E-state index contributed by atoms with van der Waals surface area (Å²) in [4.78, 5) is 25.4. The molecule has 126 valence electrons. The third kappa shape index (κ3) is 4.24. The summed E-state index contributed by atoms with van der Waals surface area (Å²) in [6.45, 7) is 5.67. The number of hydrogen-bond acceptors (Lipinski definition) is 3. The monoisotopic (exact) mass is 329 g/mol. The quantitative estimate of drug-likeness (QED) is 0.776. The molecule has 7 heteroatoms. The Morgan fingerprint density at radius 2 is 1.61 bits per heavy atom. The van der Waals surface area contributed by atoms with E-state index < -0.39 is 29.4 Å². The minimum Gasteiger partial charge on any atom is -0.444 e. The van der Waals surface area contributed by atoms with Crippen molar-refractivity contribution in [2.24, 2.45) is 5.92 Å². The van der Waals surface area contributed by atoms with E-state index in [1.54, 1.807) is 20.8 Å². The number of rotatable bonds is 2. The molecule has 1 aromatic rings. The highest BCUT2D eigenvalue weighted by Gasteiger charge is 2.38. The van der Waals surface area contributed by atoms with Gasteiger partial charge in [0.15, 0.2) is 5.78 Å². The molecule has 1 saturated heterocycles. The molecular formula is C16H18F3NO3. The van der Waals surface area contributed by atoms with E-state index in [0.29, 0.717) is 0 Å². The van der Waals surface area contributed by atoms with Crippen LogP contribution in [0.25, 0.3) is 0 Å². The van der Waals surface area contributed by atoms with Crippen LogP contribution < -0.4 is 0 Å². The van der Waals surface area contributed by atoms with E-state index in [-0.39, 0.29) is 24.4 Å². The average Bonchev–Trinajstić information content (AvgIpc) is 2.33. The van der Waals surface area contributed by atoms with Gasteiger partial charge in [-0.1, -0.05) is 12.1 Å². The molecule has 1 aliphatic heterocycles. The molecule has 0 bridgehead atoms. The van der Waals surface area contributed by atoms with Crippen LogP contribution in [-0.2, 0) is 10.9 Å². The van der Waals surface area contributed by atoms with Crippen LogP contribution in [-0.4, -0.2) is 35.5 Å². The van der Waals surface area contributed by atoms with Crippen LogP contribution in [0.4, 0.5) is 18.0 Å². The van der Waals surface area contributed by atoms with E-state index in [9.17, 15) is 22.8 Å². The summed E-state index contributed by atoms with van der Waals surface area (Å²) in [5.74, 6) is -0.669. The lowest BCUT2D eigenvalue weighted by atomic mass is 9.90. The Labute approximate surface area is 132 Å². The molecule has 0 N–H and O–H groups in total. The molecule has 23 heavy (non-hydrogen) atoms. The SMILES string of the molecule is CC(C)(C)OC(=O)N1CC(C(=O)c2ccc(C(F)(F)F)cc2)C1. The van der Waals surface area contributed by atoms with Crippen molar-refractivity contribution < 1.29 is 27.5 Å². The molecule has 1 aromatic carbocycles. The Hall–Kier alpha value is -2.05. The van der Waals surface area contributed by atoms with Crippen molar-refractivity contribution in [1.29, 1.82) is 0 Å². The fraction of sp³-hybridized carbons (Fsp3) is 0.500. The van der Waals surface area contributed by atoms with Crippen LogP contribution in [0.2, 0.25) is 0 Å². The zero-order valence-corrected chi connectivity index (χ0v) is 13.1. The van der Waals surface area contributed by atoms with Gasteiger partial charge in [-0.2, -0.15) is 13.2 Å². The highest BCUT2D eigenvalue weighted by atomic mass is 19.4. The molecule has 0 unspecified atom stereocenters. The predicted molar refractivity (Wildman–Crippen MR) is 77.1 cm³/mol. The molecular weight excluding hydrogens is 311 g/mol. The fourth-order valence-electron chi connectivity index (χ4n) is 2.18. The summed E-state index contributed by atoms with van der Waals surface area (Å²) >= 11 is 0. The largest absolute Gasteiger partial charge is 0.444 e. The van der Waals surface area contributed by atoms with E-state index in [4.69, 9.17) is 4.74 Å². The minimum absolute atomic E-state index is 0.215. The first-order valence-corrected chi connectivity index (χ1v) is 7.17. The Kier molecular flexibility index (Phi) is 4.41. The second-order valence-corrected chi connectivity index (χ2v) is 6.52. The molecule has 0 atom stereocenters. The zero-order valence-electron chi connectivity index (χ0n) is 13.1. The fourth-order valence-corrected chi connectivity index (χ4v) is 2.18. The molecule has 2 rings (SSSR count). The highest BCUT2D eigenvalue weighted by molar-refractivity contribution is 5.99.